The summed E-state index contributed by atoms with van der Waals surface area (Å²) in [7, 11) is 0. The molecule has 0 aliphatic carbocycles. The third kappa shape index (κ3) is 2.66. The zero-order valence-electron chi connectivity index (χ0n) is 10.4. The molecule has 0 N–H and O–H groups in total. The Hall–Kier alpha value is -1.74. The Morgan fingerprint density at radius 2 is 1.68 bits per heavy atom. The van der Waals surface area contributed by atoms with Crippen molar-refractivity contribution >= 4 is 17.4 Å². The summed E-state index contributed by atoms with van der Waals surface area (Å²) in [4.78, 5) is 12.2. The van der Waals surface area contributed by atoms with E-state index in [9.17, 15) is 13.6 Å². The first-order valence-corrected chi connectivity index (χ1v) is 6.04. The van der Waals surface area contributed by atoms with Crippen LogP contribution in [0.1, 0.15) is 27.0 Å². The number of halogens is 3. The molecular weight excluding hydrogens is 270 g/mol. The van der Waals surface area contributed by atoms with Crippen molar-refractivity contribution in [3.8, 4) is 0 Å². The molecule has 0 atom stereocenters. The van der Waals surface area contributed by atoms with Crippen LogP contribution in [0.2, 0.25) is 5.02 Å². The minimum atomic E-state index is -0.860. The summed E-state index contributed by atoms with van der Waals surface area (Å²) in [5, 5.41) is 0.535. The first-order chi connectivity index (χ1) is 8.90. The fourth-order valence-corrected chi connectivity index (χ4v) is 1.89. The maximum absolute atomic E-state index is 13.7. The average Bonchev–Trinajstić information content (AvgIpc) is 2.36. The van der Waals surface area contributed by atoms with Gasteiger partial charge in [-0.05, 0) is 49.2 Å². The summed E-state index contributed by atoms with van der Waals surface area (Å²) in [5.74, 6) is -2.01. The number of ketones is 1. The lowest BCUT2D eigenvalue weighted by Crippen LogP contribution is -2.06. The van der Waals surface area contributed by atoms with Crippen LogP contribution in [0.3, 0.4) is 0 Å². The Bertz CT molecular complexity index is 665. The summed E-state index contributed by atoms with van der Waals surface area (Å²) < 4.78 is 26.8. The number of carbonyl (C=O) groups is 1. The lowest BCUT2D eigenvalue weighted by molar-refractivity contribution is 0.103. The Kier molecular flexibility index (Phi) is 3.67. The maximum atomic E-state index is 13.7. The van der Waals surface area contributed by atoms with Crippen LogP contribution in [0.15, 0.2) is 30.3 Å². The molecule has 0 radical (unpaired) electrons. The van der Waals surface area contributed by atoms with Gasteiger partial charge >= 0.3 is 0 Å². The van der Waals surface area contributed by atoms with Crippen LogP contribution in [0, 0.1) is 25.5 Å². The Balaban J connectivity index is 2.49. The Morgan fingerprint density at radius 3 is 2.32 bits per heavy atom. The predicted molar refractivity (Wildman–Crippen MR) is 70.7 cm³/mol. The minimum Gasteiger partial charge on any atom is -0.288 e. The molecule has 1 nitrogen and oxygen atoms in total. The van der Waals surface area contributed by atoms with Gasteiger partial charge in [0.15, 0.2) is 5.78 Å². The van der Waals surface area contributed by atoms with E-state index in [0.29, 0.717) is 10.6 Å². The molecule has 0 heterocycles. The van der Waals surface area contributed by atoms with Crippen molar-refractivity contribution in [2.24, 2.45) is 0 Å². The van der Waals surface area contributed by atoms with Crippen LogP contribution >= 0.6 is 11.6 Å². The van der Waals surface area contributed by atoms with Gasteiger partial charge in [-0.2, -0.15) is 0 Å². The quantitative estimate of drug-likeness (QED) is 0.742. The summed E-state index contributed by atoms with van der Waals surface area (Å²) in [5.41, 5.74) is 1.15. The number of hydrogen-bond acceptors (Lipinski definition) is 1. The Labute approximate surface area is 114 Å². The van der Waals surface area contributed by atoms with Gasteiger partial charge in [0.25, 0.3) is 0 Å². The number of benzene rings is 2. The highest BCUT2D eigenvalue weighted by molar-refractivity contribution is 6.31. The zero-order valence-corrected chi connectivity index (χ0v) is 11.2. The molecule has 0 amide bonds. The lowest BCUT2D eigenvalue weighted by atomic mass is 9.99. The molecule has 0 aromatic heterocycles. The van der Waals surface area contributed by atoms with Gasteiger partial charge in [0.1, 0.15) is 11.6 Å². The van der Waals surface area contributed by atoms with Gasteiger partial charge in [0, 0.05) is 16.7 Å². The molecule has 19 heavy (non-hydrogen) atoms. The monoisotopic (exact) mass is 280 g/mol. The molecule has 2 rings (SSSR count). The third-order valence-corrected chi connectivity index (χ3v) is 3.34. The van der Waals surface area contributed by atoms with Crippen LogP contribution in [-0.2, 0) is 0 Å². The van der Waals surface area contributed by atoms with Gasteiger partial charge in [-0.15, -0.1) is 0 Å². The molecule has 0 fully saturated rings. The molecule has 0 unspecified atom stereocenters. The molecular formula is C15H11ClF2O. The van der Waals surface area contributed by atoms with Crippen molar-refractivity contribution in [2.75, 3.05) is 0 Å². The van der Waals surface area contributed by atoms with Gasteiger partial charge in [-0.3, -0.25) is 4.79 Å². The standard InChI is InChI=1S/C15H11ClF2O/c1-8-5-10(3-4-12(8)16)15(19)11-6-9(2)13(17)7-14(11)18/h3-7H,1-2H3. The molecule has 0 aliphatic rings. The number of carbonyl (C=O) groups excluding carboxylic acids is 1. The highest BCUT2D eigenvalue weighted by atomic mass is 35.5. The predicted octanol–water partition coefficient (Wildman–Crippen LogP) is 4.47. The third-order valence-electron chi connectivity index (χ3n) is 2.91. The minimum absolute atomic E-state index is 0.138. The molecule has 0 spiro atoms. The second-order valence-corrected chi connectivity index (χ2v) is 4.78. The molecule has 0 saturated carbocycles. The van der Waals surface area contributed by atoms with Gasteiger partial charge in [-0.1, -0.05) is 11.6 Å². The number of hydrogen-bond donors (Lipinski definition) is 0. The van der Waals surface area contributed by atoms with Crippen molar-refractivity contribution in [1.29, 1.82) is 0 Å². The van der Waals surface area contributed by atoms with Gasteiger partial charge in [0.2, 0.25) is 0 Å². The molecule has 0 bridgehead atoms. The first kappa shape index (κ1) is 13.7. The fraction of sp³-hybridized carbons (Fsp3) is 0.133. The van der Waals surface area contributed by atoms with Crippen molar-refractivity contribution in [2.45, 2.75) is 13.8 Å². The van der Waals surface area contributed by atoms with Gasteiger partial charge in [-0.25, -0.2) is 8.78 Å². The van der Waals surface area contributed by atoms with Crippen LogP contribution in [0.5, 0.6) is 0 Å². The smallest absolute Gasteiger partial charge is 0.195 e. The normalized spacial score (nSPS) is 10.6. The van der Waals surface area contributed by atoms with Crippen molar-refractivity contribution in [3.63, 3.8) is 0 Å². The van der Waals surface area contributed by atoms with Crippen LogP contribution in [0.4, 0.5) is 8.78 Å². The van der Waals surface area contributed by atoms with Crippen LogP contribution in [0.25, 0.3) is 0 Å². The molecule has 0 saturated heterocycles. The van der Waals surface area contributed by atoms with Crippen molar-refractivity contribution in [1.82, 2.24) is 0 Å². The van der Waals surface area contributed by atoms with Gasteiger partial charge < -0.3 is 0 Å². The second-order valence-electron chi connectivity index (χ2n) is 4.37. The SMILES string of the molecule is Cc1cc(C(=O)c2ccc(Cl)c(C)c2)c(F)cc1F. The molecule has 0 aliphatic heterocycles. The van der Waals surface area contributed by atoms with Crippen LogP contribution in [-0.4, -0.2) is 5.78 Å². The molecule has 4 heteroatoms. The molecule has 2 aromatic carbocycles. The van der Waals surface area contributed by atoms with Crippen LogP contribution < -0.4 is 0 Å². The van der Waals surface area contributed by atoms with E-state index in [1.165, 1.54) is 19.1 Å². The topological polar surface area (TPSA) is 17.1 Å². The number of rotatable bonds is 2. The average molecular weight is 281 g/mol. The van der Waals surface area contributed by atoms with E-state index in [4.69, 9.17) is 11.6 Å². The van der Waals surface area contributed by atoms with E-state index in [1.54, 1.807) is 19.1 Å². The lowest BCUT2D eigenvalue weighted by Gasteiger charge is -2.06. The van der Waals surface area contributed by atoms with Gasteiger partial charge in [0.05, 0.1) is 5.56 Å². The summed E-state index contributed by atoms with van der Waals surface area (Å²) in [6.45, 7) is 3.24. The van der Waals surface area contributed by atoms with Crippen molar-refractivity contribution < 1.29 is 13.6 Å². The van der Waals surface area contributed by atoms with E-state index in [0.717, 1.165) is 11.6 Å². The van der Waals surface area contributed by atoms with E-state index >= 15 is 0 Å². The second kappa shape index (κ2) is 5.10. The molecule has 2 aromatic rings. The largest absolute Gasteiger partial charge is 0.288 e. The zero-order chi connectivity index (χ0) is 14.2. The summed E-state index contributed by atoms with van der Waals surface area (Å²) in [6.07, 6.45) is 0. The highest BCUT2D eigenvalue weighted by Gasteiger charge is 2.16. The summed E-state index contributed by atoms with van der Waals surface area (Å²) in [6, 6.07) is 6.64. The van der Waals surface area contributed by atoms with Crippen molar-refractivity contribution in [3.05, 3.63) is 69.2 Å². The highest BCUT2D eigenvalue weighted by Crippen LogP contribution is 2.21. The van der Waals surface area contributed by atoms with E-state index in [-0.39, 0.29) is 11.1 Å². The van der Waals surface area contributed by atoms with E-state index in [2.05, 4.69) is 0 Å². The van der Waals surface area contributed by atoms with E-state index in [1.807, 2.05) is 0 Å². The Morgan fingerprint density at radius 1 is 1.00 bits per heavy atom. The van der Waals surface area contributed by atoms with E-state index < -0.39 is 17.4 Å². The summed E-state index contributed by atoms with van der Waals surface area (Å²) >= 11 is 5.87. The first-order valence-electron chi connectivity index (χ1n) is 5.66. The number of aryl methyl sites for hydroxylation is 2. The fourth-order valence-electron chi connectivity index (χ4n) is 1.77. The maximum Gasteiger partial charge on any atom is 0.195 e. The molecule has 98 valence electrons.